The van der Waals surface area contributed by atoms with Crippen LogP contribution in [0.5, 0.6) is 0 Å². The smallest absolute Gasteiger partial charge is 0.146 e. The van der Waals surface area contributed by atoms with E-state index in [0.717, 1.165) is 16.9 Å². The van der Waals surface area contributed by atoms with E-state index in [-0.39, 0.29) is 0 Å². The highest BCUT2D eigenvalue weighted by Crippen LogP contribution is 1.92. The Morgan fingerprint density at radius 1 is 1.50 bits per heavy atom. The van der Waals surface area contributed by atoms with Crippen molar-refractivity contribution in [2.24, 2.45) is 0 Å². The molecule has 8 heavy (non-hydrogen) atoms. The van der Waals surface area contributed by atoms with Crippen molar-refractivity contribution in [2.75, 3.05) is 0 Å². The second-order valence-corrected chi connectivity index (χ2v) is 1.95. The average Bonchev–Trinajstić information content (AvgIpc) is 1.98. The summed E-state index contributed by atoms with van der Waals surface area (Å²) in [6.45, 7) is 3.85. The zero-order valence-electron chi connectivity index (χ0n) is 5.36. The van der Waals surface area contributed by atoms with E-state index < -0.39 is 0 Å². The van der Waals surface area contributed by atoms with Gasteiger partial charge in [-0.25, -0.2) is 0 Å². The molecule has 0 fully saturated rings. The lowest BCUT2D eigenvalue weighted by molar-refractivity contribution is 0.394. The summed E-state index contributed by atoms with van der Waals surface area (Å²) in [5.74, 6) is 0.919. The Morgan fingerprint density at radius 3 is 2.25 bits per heavy atom. The Bertz CT molecular complexity index is 175. The van der Waals surface area contributed by atoms with E-state index in [0.29, 0.717) is 0 Å². The molecule has 0 radical (unpaired) electrons. The van der Waals surface area contributed by atoms with Crippen LogP contribution in [0, 0.1) is 13.8 Å². The number of hydrogen-bond donors (Lipinski definition) is 0. The molecule has 0 spiro atoms. The fraction of sp³-hybridized carbons (Fsp3) is 0.400. The van der Waals surface area contributed by atoms with Crippen molar-refractivity contribution in [3.63, 3.8) is 0 Å². The van der Waals surface area contributed by atoms with Gasteiger partial charge in [-0.1, -0.05) is 5.16 Å². The Labute approximate surface area is 49.3 Å². The van der Waals surface area contributed by atoms with Crippen molar-refractivity contribution < 1.29 is 4.52 Å². The molecule has 0 atom stereocenters. The lowest BCUT2D eigenvalue weighted by Gasteiger charge is -1.80. The second kappa shape index (κ2) is 1.65. The van der Waals surface area contributed by atoms with Crippen LogP contribution >= 0.6 is 0 Å². The van der Waals surface area contributed by atoms with Crippen LogP contribution in [0.25, 0.3) is 0 Å². The molecule has 3 heteroatoms. The van der Waals surface area contributed by atoms with Gasteiger partial charge >= 0.3 is 0 Å². The fourth-order valence-electron chi connectivity index (χ4n) is 0.529. The Kier molecular flexibility index (Phi) is 1.12. The van der Waals surface area contributed by atoms with Crippen molar-refractivity contribution in [2.45, 2.75) is 13.8 Å². The quantitative estimate of drug-likeness (QED) is 0.421. The van der Waals surface area contributed by atoms with E-state index in [9.17, 15) is 0 Å². The van der Waals surface area contributed by atoms with E-state index >= 15 is 0 Å². The Hall–Kier alpha value is -0.725. The van der Waals surface area contributed by atoms with Gasteiger partial charge in [0.2, 0.25) is 0 Å². The summed E-state index contributed by atoms with van der Waals surface area (Å²) in [5.41, 5.74) is 2.15. The van der Waals surface area contributed by atoms with Crippen molar-refractivity contribution in [3.05, 3.63) is 11.5 Å². The van der Waals surface area contributed by atoms with Gasteiger partial charge in [-0.3, -0.25) is 0 Å². The highest BCUT2D eigenvalue weighted by molar-refractivity contribution is 6.33. The summed E-state index contributed by atoms with van der Waals surface area (Å²) in [4.78, 5) is 0. The third-order valence-electron chi connectivity index (χ3n) is 1.39. The van der Waals surface area contributed by atoms with Crippen molar-refractivity contribution in [3.8, 4) is 0 Å². The van der Waals surface area contributed by atoms with Crippen molar-refractivity contribution in [1.29, 1.82) is 0 Å². The molecular formula is C5H8BNO. The minimum absolute atomic E-state index is 0.919. The van der Waals surface area contributed by atoms with Crippen LogP contribution in [0.2, 0.25) is 0 Å². The molecule has 0 aromatic carbocycles. The van der Waals surface area contributed by atoms with Gasteiger partial charge in [0.05, 0.1) is 5.69 Å². The van der Waals surface area contributed by atoms with Gasteiger partial charge in [-0.05, 0) is 19.3 Å². The highest BCUT2D eigenvalue weighted by Gasteiger charge is 1.99. The summed E-state index contributed by atoms with van der Waals surface area (Å²) in [6.07, 6.45) is 0. The number of nitrogens with zero attached hydrogens (tertiary/aromatic N) is 1. The normalized spacial score (nSPS) is 9.75. The minimum atomic E-state index is 0.919. The van der Waals surface area contributed by atoms with Gasteiger partial charge in [-0.2, -0.15) is 0 Å². The van der Waals surface area contributed by atoms with Crippen LogP contribution in [0.1, 0.15) is 11.5 Å². The molecule has 1 rings (SSSR count). The second-order valence-electron chi connectivity index (χ2n) is 1.95. The maximum atomic E-state index is 4.84. The molecule has 0 amide bonds. The molecule has 1 aromatic rings. The largest absolute Gasteiger partial charge is 0.362 e. The lowest BCUT2D eigenvalue weighted by Crippen LogP contribution is -2.05. The van der Waals surface area contributed by atoms with Gasteiger partial charge < -0.3 is 4.52 Å². The molecule has 0 N–H and O–H groups in total. The van der Waals surface area contributed by atoms with Gasteiger partial charge in [0.1, 0.15) is 13.6 Å². The summed E-state index contributed by atoms with van der Waals surface area (Å²) in [6, 6.07) is 0. The van der Waals surface area contributed by atoms with Crippen LogP contribution in [0.4, 0.5) is 0 Å². The number of aryl methyl sites for hydroxylation is 2. The van der Waals surface area contributed by atoms with Crippen molar-refractivity contribution >= 4 is 13.3 Å². The molecule has 0 aliphatic carbocycles. The first kappa shape index (κ1) is 5.41. The predicted molar refractivity (Wildman–Crippen MR) is 34.2 cm³/mol. The lowest BCUT2D eigenvalue weighted by atomic mass is 9.95. The molecule has 42 valence electrons. The first-order valence-corrected chi connectivity index (χ1v) is 2.61. The van der Waals surface area contributed by atoms with Crippen LogP contribution in [0.3, 0.4) is 0 Å². The summed E-state index contributed by atoms with van der Waals surface area (Å²) in [5, 5.41) is 3.74. The van der Waals surface area contributed by atoms with E-state index in [1.807, 2.05) is 21.7 Å². The standard InChI is InChI=1S/C5H8BNO/c1-3-5(6)4(2)8-7-3/h6H2,1-2H3. The van der Waals surface area contributed by atoms with E-state index in [1.165, 1.54) is 0 Å². The highest BCUT2D eigenvalue weighted by atomic mass is 16.5. The van der Waals surface area contributed by atoms with Crippen LogP contribution in [-0.4, -0.2) is 13.0 Å². The summed E-state index contributed by atoms with van der Waals surface area (Å²) in [7, 11) is 2.00. The molecule has 0 unspecified atom stereocenters. The SMILES string of the molecule is Bc1c(C)noc1C. The molecule has 0 aliphatic heterocycles. The molecule has 1 aromatic heterocycles. The molecular weight excluding hydrogens is 101 g/mol. The van der Waals surface area contributed by atoms with E-state index in [1.54, 1.807) is 0 Å². The number of hydrogen-bond acceptors (Lipinski definition) is 2. The average molecular weight is 109 g/mol. The number of rotatable bonds is 0. The van der Waals surface area contributed by atoms with Gasteiger partial charge in [-0.15, -0.1) is 0 Å². The monoisotopic (exact) mass is 109 g/mol. The first-order chi connectivity index (χ1) is 3.72. The van der Waals surface area contributed by atoms with Gasteiger partial charge in [0.15, 0.2) is 0 Å². The number of aromatic nitrogens is 1. The molecule has 1 heterocycles. The van der Waals surface area contributed by atoms with Crippen LogP contribution in [0.15, 0.2) is 4.52 Å². The predicted octanol–water partition coefficient (Wildman–Crippen LogP) is -0.450. The summed E-state index contributed by atoms with van der Waals surface area (Å²) >= 11 is 0. The molecule has 0 bridgehead atoms. The minimum Gasteiger partial charge on any atom is -0.362 e. The van der Waals surface area contributed by atoms with Crippen molar-refractivity contribution in [1.82, 2.24) is 5.16 Å². The van der Waals surface area contributed by atoms with E-state index in [2.05, 4.69) is 5.16 Å². The van der Waals surface area contributed by atoms with Crippen LogP contribution < -0.4 is 5.46 Å². The first-order valence-electron chi connectivity index (χ1n) is 2.61. The molecule has 0 aliphatic rings. The zero-order valence-corrected chi connectivity index (χ0v) is 5.36. The van der Waals surface area contributed by atoms with Gasteiger partial charge in [0, 0.05) is 0 Å². The fourth-order valence-corrected chi connectivity index (χ4v) is 0.529. The molecule has 2 nitrogen and oxygen atoms in total. The third-order valence-corrected chi connectivity index (χ3v) is 1.39. The van der Waals surface area contributed by atoms with Crippen LogP contribution in [-0.2, 0) is 0 Å². The van der Waals surface area contributed by atoms with Gasteiger partial charge in [0.25, 0.3) is 0 Å². The van der Waals surface area contributed by atoms with E-state index in [4.69, 9.17) is 4.52 Å². The Morgan fingerprint density at radius 2 is 2.12 bits per heavy atom. The molecule has 0 saturated carbocycles. The topological polar surface area (TPSA) is 26.0 Å². The third kappa shape index (κ3) is 0.640. The maximum Gasteiger partial charge on any atom is 0.146 e. The Balaban J connectivity index is 3.19. The summed E-state index contributed by atoms with van der Waals surface area (Å²) < 4.78 is 4.84. The maximum absolute atomic E-state index is 4.84. The molecule has 0 saturated heterocycles. The zero-order chi connectivity index (χ0) is 6.15.